The van der Waals surface area contributed by atoms with Gasteiger partial charge in [0.05, 0.1) is 19.8 Å². The number of tetrazole rings is 1. The molecule has 0 saturated heterocycles. The van der Waals surface area contributed by atoms with Gasteiger partial charge in [-0.2, -0.15) is 0 Å². The Kier molecular flexibility index (Phi) is 5.80. The zero-order valence-corrected chi connectivity index (χ0v) is 19.1. The Morgan fingerprint density at radius 3 is 2.49 bits per heavy atom. The monoisotopic (exact) mass is 467 g/mol. The van der Waals surface area contributed by atoms with Crippen LogP contribution in [0.25, 0.3) is 32.9 Å². The quantitative estimate of drug-likeness (QED) is 0.264. The maximum atomic E-state index is 14.1. The average molecular weight is 467 g/mol. The molecule has 1 N–H and O–H groups in total. The summed E-state index contributed by atoms with van der Waals surface area (Å²) >= 11 is 0. The summed E-state index contributed by atoms with van der Waals surface area (Å²) in [6.45, 7) is 3.97. The minimum Gasteiger partial charge on any atom is -0.493 e. The number of carbonyl (C=O) groups is 1. The van der Waals surface area contributed by atoms with Gasteiger partial charge in [-0.1, -0.05) is 43.0 Å². The van der Waals surface area contributed by atoms with Gasteiger partial charge >= 0.3 is 0 Å². The van der Waals surface area contributed by atoms with Crippen LogP contribution in [-0.4, -0.2) is 52.2 Å². The molecule has 0 spiro atoms. The van der Waals surface area contributed by atoms with Gasteiger partial charge in [0, 0.05) is 22.5 Å². The highest BCUT2D eigenvalue weighted by molar-refractivity contribution is 6.22. The number of ketones is 1. The first-order valence-corrected chi connectivity index (χ1v) is 10.7. The highest BCUT2D eigenvalue weighted by Gasteiger charge is 2.24. The smallest absolute Gasteiger partial charge is 0.216 e. The van der Waals surface area contributed by atoms with Gasteiger partial charge in [0.2, 0.25) is 5.78 Å². The van der Waals surface area contributed by atoms with Crippen molar-refractivity contribution in [3.8, 4) is 28.6 Å². The van der Waals surface area contributed by atoms with Crippen molar-refractivity contribution in [2.24, 2.45) is 0 Å². The third-order valence-corrected chi connectivity index (χ3v) is 5.68. The van der Waals surface area contributed by atoms with Crippen molar-refractivity contribution in [3.05, 3.63) is 78.6 Å². The maximum absolute atomic E-state index is 14.1. The van der Waals surface area contributed by atoms with E-state index in [1.54, 1.807) is 37.6 Å². The SMILES string of the molecule is C=CCOc1ccc2ccccc2c1C(=O)c1ncc(-c2nnn[nH]2)c2cc(OC)c(OC)cc12. The van der Waals surface area contributed by atoms with E-state index >= 15 is 0 Å². The number of nitrogens with zero attached hydrogens (tertiary/aromatic N) is 4. The van der Waals surface area contributed by atoms with Crippen LogP contribution in [0.2, 0.25) is 0 Å². The van der Waals surface area contributed by atoms with Crippen LogP contribution in [-0.2, 0) is 0 Å². The van der Waals surface area contributed by atoms with E-state index < -0.39 is 0 Å². The molecule has 0 aliphatic carbocycles. The normalized spacial score (nSPS) is 10.9. The maximum Gasteiger partial charge on any atom is 0.216 e. The van der Waals surface area contributed by atoms with Crippen molar-refractivity contribution in [2.45, 2.75) is 0 Å². The van der Waals surface area contributed by atoms with Crippen LogP contribution < -0.4 is 14.2 Å². The van der Waals surface area contributed by atoms with E-state index in [-0.39, 0.29) is 18.1 Å². The molecule has 2 heterocycles. The third-order valence-electron chi connectivity index (χ3n) is 5.68. The van der Waals surface area contributed by atoms with Crippen molar-refractivity contribution in [1.29, 1.82) is 0 Å². The minimum atomic E-state index is -0.291. The fraction of sp³-hybridized carbons (Fsp3) is 0.115. The number of hydrogen-bond donors (Lipinski definition) is 1. The fourth-order valence-corrected chi connectivity index (χ4v) is 4.08. The molecular formula is C26H21N5O4. The van der Waals surface area contributed by atoms with Crippen molar-refractivity contribution in [3.63, 3.8) is 0 Å². The van der Waals surface area contributed by atoms with Crippen LogP contribution in [0.4, 0.5) is 0 Å². The molecule has 174 valence electrons. The predicted octanol–water partition coefficient (Wildman–Crippen LogP) is 4.38. The van der Waals surface area contributed by atoms with Crippen molar-refractivity contribution in [2.75, 3.05) is 20.8 Å². The van der Waals surface area contributed by atoms with E-state index in [1.807, 2.05) is 30.3 Å². The van der Waals surface area contributed by atoms with Gasteiger partial charge in [0.25, 0.3) is 0 Å². The number of carbonyl (C=O) groups excluding carboxylic acids is 1. The number of benzene rings is 3. The first-order chi connectivity index (χ1) is 17.2. The van der Waals surface area contributed by atoms with Crippen molar-refractivity contribution >= 4 is 27.3 Å². The molecule has 0 aliphatic rings. The van der Waals surface area contributed by atoms with Crippen molar-refractivity contribution < 1.29 is 19.0 Å². The molecule has 0 fully saturated rings. The minimum absolute atomic E-state index is 0.233. The van der Waals surface area contributed by atoms with E-state index in [0.29, 0.717) is 45.0 Å². The third kappa shape index (κ3) is 3.82. The Bertz CT molecular complexity index is 1560. The summed E-state index contributed by atoms with van der Waals surface area (Å²) in [4.78, 5) is 18.7. The number of pyridine rings is 1. The van der Waals surface area contributed by atoms with E-state index in [4.69, 9.17) is 14.2 Å². The number of H-pyrrole nitrogens is 1. The predicted molar refractivity (Wildman–Crippen MR) is 131 cm³/mol. The molecule has 5 aromatic rings. The lowest BCUT2D eigenvalue weighted by molar-refractivity contribution is 0.103. The van der Waals surface area contributed by atoms with Gasteiger partial charge in [0.1, 0.15) is 18.1 Å². The first-order valence-electron chi connectivity index (χ1n) is 10.7. The lowest BCUT2D eigenvalue weighted by Gasteiger charge is -2.16. The molecule has 0 unspecified atom stereocenters. The van der Waals surface area contributed by atoms with E-state index in [0.717, 1.165) is 10.8 Å². The van der Waals surface area contributed by atoms with Gasteiger partial charge in [0.15, 0.2) is 17.3 Å². The van der Waals surface area contributed by atoms with Crippen LogP contribution in [0, 0.1) is 0 Å². The number of rotatable bonds is 8. The molecular weight excluding hydrogens is 446 g/mol. The van der Waals surface area contributed by atoms with E-state index in [1.165, 1.54) is 7.11 Å². The van der Waals surface area contributed by atoms with Gasteiger partial charge in [-0.05, 0) is 39.4 Å². The molecule has 9 nitrogen and oxygen atoms in total. The summed E-state index contributed by atoms with van der Waals surface area (Å²) in [7, 11) is 3.08. The second kappa shape index (κ2) is 9.22. The van der Waals surface area contributed by atoms with Crippen LogP contribution in [0.3, 0.4) is 0 Å². The highest BCUT2D eigenvalue weighted by Crippen LogP contribution is 2.39. The number of aromatic nitrogens is 5. The molecule has 35 heavy (non-hydrogen) atoms. The lowest BCUT2D eigenvalue weighted by atomic mass is 9.95. The fourth-order valence-electron chi connectivity index (χ4n) is 4.08. The van der Waals surface area contributed by atoms with Gasteiger partial charge in [-0.15, -0.1) is 5.10 Å². The van der Waals surface area contributed by atoms with Crippen molar-refractivity contribution in [1.82, 2.24) is 25.6 Å². The average Bonchev–Trinajstić information content (AvgIpc) is 3.44. The number of fused-ring (bicyclic) bond motifs is 2. The van der Waals surface area contributed by atoms with Gasteiger partial charge < -0.3 is 14.2 Å². The molecule has 0 saturated carbocycles. The van der Waals surface area contributed by atoms with Crippen LogP contribution in [0.5, 0.6) is 17.2 Å². The van der Waals surface area contributed by atoms with E-state index in [2.05, 4.69) is 32.2 Å². The summed E-state index contributed by atoms with van der Waals surface area (Å²) in [5.74, 6) is 1.53. The molecule has 0 aliphatic heterocycles. The number of hydrogen-bond acceptors (Lipinski definition) is 8. The Labute approximate surface area is 200 Å². The van der Waals surface area contributed by atoms with Gasteiger partial charge in [-0.3, -0.25) is 9.78 Å². The zero-order chi connectivity index (χ0) is 24.4. The molecule has 5 rings (SSSR count). The second-order valence-corrected chi connectivity index (χ2v) is 7.61. The Balaban J connectivity index is 1.79. The second-order valence-electron chi connectivity index (χ2n) is 7.61. The summed E-state index contributed by atoms with van der Waals surface area (Å²) in [6.07, 6.45) is 3.20. The molecule has 0 amide bonds. The zero-order valence-electron chi connectivity index (χ0n) is 19.1. The number of ether oxygens (including phenoxy) is 3. The summed E-state index contributed by atoms with van der Waals surface area (Å²) in [6, 6.07) is 14.9. The number of nitrogens with one attached hydrogen (secondary N) is 1. The Hall–Kier alpha value is -4.79. The number of aromatic amines is 1. The molecule has 2 aromatic heterocycles. The van der Waals surface area contributed by atoms with Crippen LogP contribution >= 0.6 is 0 Å². The molecule has 9 heteroatoms. The standard InChI is InChI=1S/C26H21N5O4/c1-4-11-35-20-10-9-15-7-5-6-8-16(15)23(20)25(32)24-18-13-22(34-3)21(33-2)12-17(18)19(14-27-24)26-28-30-31-29-26/h4-10,12-14H,1,11H2,2-3H3,(H,28,29,30,31). The largest absolute Gasteiger partial charge is 0.493 e. The molecule has 0 radical (unpaired) electrons. The van der Waals surface area contributed by atoms with Crippen LogP contribution in [0.1, 0.15) is 16.1 Å². The first kappa shape index (κ1) is 22.0. The molecule has 0 bridgehead atoms. The molecule has 3 aromatic carbocycles. The van der Waals surface area contributed by atoms with E-state index in [9.17, 15) is 4.79 Å². The topological polar surface area (TPSA) is 112 Å². The summed E-state index contributed by atoms with van der Waals surface area (Å²) in [5.41, 5.74) is 1.27. The highest BCUT2D eigenvalue weighted by atomic mass is 16.5. The van der Waals surface area contributed by atoms with Gasteiger partial charge in [-0.25, -0.2) is 5.10 Å². The Morgan fingerprint density at radius 1 is 1.00 bits per heavy atom. The number of methoxy groups -OCH3 is 2. The lowest BCUT2D eigenvalue weighted by Crippen LogP contribution is -2.10. The summed E-state index contributed by atoms with van der Waals surface area (Å²) < 4.78 is 16.9. The van der Waals surface area contributed by atoms with Crippen LogP contribution in [0.15, 0.2) is 67.4 Å². The molecule has 0 atom stereocenters. The summed E-state index contributed by atoms with van der Waals surface area (Å²) in [5, 5.41) is 17.0. The Morgan fingerprint density at radius 2 is 1.77 bits per heavy atom.